The molecular formula is C19H28ClN3O3. The molecule has 0 fully saturated rings. The number of carbonyl (C=O) groups is 2. The average molecular weight is 382 g/mol. The molecule has 1 atom stereocenters. The molecule has 0 unspecified atom stereocenters. The van der Waals surface area contributed by atoms with Gasteiger partial charge in [-0.3, -0.25) is 9.69 Å². The Morgan fingerprint density at radius 1 is 1.31 bits per heavy atom. The van der Waals surface area contributed by atoms with Gasteiger partial charge in [0.15, 0.2) is 0 Å². The molecule has 2 amide bonds. The van der Waals surface area contributed by atoms with Gasteiger partial charge >= 0.3 is 6.09 Å². The molecule has 7 heteroatoms. The number of rotatable bonds is 4. The van der Waals surface area contributed by atoms with E-state index in [2.05, 4.69) is 0 Å². The minimum Gasteiger partial charge on any atom is -0.449 e. The van der Waals surface area contributed by atoms with E-state index in [1.807, 2.05) is 54.5 Å². The first-order chi connectivity index (χ1) is 11.9. The van der Waals surface area contributed by atoms with Crippen LogP contribution in [-0.2, 0) is 9.53 Å². The predicted octanol–water partition coefficient (Wildman–Crippen LogP) is 4.03. The van der Waals surface area contributed by atoms with Crippen LogP contribution in [0.1, 0.15) is 48.5 Å². The maximum atomic E-state index is 12.9. The third-order valence-electron chi connectivity index (χ3n) is 3.68. The fraction of sp³-hybridized carbons (Fsp3) is 0.632. The van der Waals surface area contributed by atoms with E-state index in [0.717, 1.165) is 4.90 Å². The van der Waals surface area contributed by atoms with E-state index in [1.54, 1.807) is 4.90 Å². The summed E-state index contributed by atoms with van der Waals surface area (Å²) < 4.78 is 5.29. The van der Waals surface area contributed by atoms with Crippen molar-refractivity contribution in [1.29, 1.82) is 5.26 Å². The highest BCUT2D eigenvalue weighted by Gasteiger charge is 2.33. The molecule has 0 spiro atoms. The van der Waals surface area contributed by atoms with Gasteiger partial charge in [0.1, 0.15) is 6.04 Å². The Morgan fingerprint density at radius 2 is 1.85 bits per heavy atom. The molecule has 1 rings (SSSR count). The minimum absolute atomic E-state index is 0.0390. The SMILES string of the molecule is CC(C)N(C(=O)C1=CN(C(=O)OCC(C)(C)C)[C@H](C#N)C=C1Cl)C(C)C. The smallest absolute Gasteiger partial charge is 0.415 e. The largest absolute Gasteiger partial charge is 0.449 e. The Morgan fingerprint density at radius 3 is 2.27 bits per heavy atom. The second kappa shape index (κ2) is 8.59. The third-order valence-corrected chi connectivity index (χ3v) is 4.01. The van der Waals surface area contributed by atoms with Crippen LogP contribution in [0.4, 0.5) is 4.79 Å². The number of hydrogen-bond acceptors (Lipinski definition) is 4. The summed E-state index contributed by atoms with van der Waals surface area (Å²) in [5.41, 5.74) is -0.0384. The van der Waals surface area contributed by atoms with Crippen LogP contribution in [0.2, 0.25) is 0 Å². The number of carbonyl (C=O) groups excluding carboxylic acids is 2. The minimum atomic E-state index is -0.918. The zero-order chi connectivity index (χ0) is 20.2. The van der Waals surface area contributed by atoms with Gasteiger partial charge < -0.3 is 9.64 Å². The van der Waals surface area contributed by atoms with Crippen molar-refractivity contribution >= 4 is 23.6 Å². The molecule has 0 aromatic rings. The highest BCUT2D eigenvalue weighted by atomic mass is 35.5. The highest BCUT2D eigenvalue weighted by Crippen LogP contribution is 2.28. The molecule has 6 nitrogen and oxygen atoms in total. The second-order valence-electron chi connectivity index (χ2n) is 8.05. The maximum absolute atomic E-state index is 12.9. The summed E-state index contributed by atoms with van der Waals surface area (Å²) in [4.78, 5) is 28.2. The molecule has 1 aliphatic heterocycles. The van der Waals surface area contributed by atoms with Gasteiger partial charge in [-0.2, -0.15) is 5.26 Å². The molecule has 0 bridgehead atoms. The van der Waals surface area contributed by atoms with E-state index in [0.29, 0.717) is 0 Å². The zero-order valence-corrected chi connectivity index (χ0v) is 17.3. The molecule has 144 valence electrons. The van der Waals surface area contributed by atoms with Crippen LogP contribution in [0.25, 0.3) is 0 Å². The lowest BCUT2D eigenvalue weighted by atomic mass is 9.99. The summed E-state index contributed by atoms with van der Waals surface area (Å²) >= 11 is 6.24. The fourth-order valence-corrected chi connectivity index (χ4v) is 2.82. The Labute approximate surface area is 161 Å². The van der Waals surface area contributed by atoms with E-state index < -0.39 is 12.1 Å². The van der Waals surface area contributed by atoms with Gasteiger partial charge in [-0.15, -0.1) is 0 Å². The maximum Gasteiger partial charge on any atom is 0.415 e. The molecular weight excluding hydrogens is 354 g/mol. The van der Waals surface area contributed by atoms with E-state index in [4.69, 9.17) is 16.3 Å². The van der Waals surface area contributed by atoms with Crippen molar-refractivity contribution in [2.24, 2.45) is 5.41 Å². The summed E-state index contributed by atoms with van der Waals surface area (Å²) in [5, 5.41) is 9.50. The van der Waals surface area contributed by atoms with Crippen molar-refractivity contribution in [2.75, 3.05) is 6.61 Å². The molecule has 0 saturated carbocycles. The van der Waals surface area contributed by atoms with Gasteiger partial charge in [0.25, 0.3) is 5.91 Å². The summed E-state index contributed by atoms with van der Waals surface area (Å²) in [5.74, 6) is -0.290. The molecule has 0 aromatic carbocycles. The number of halogens is 1. The lowest BCUT2D eigenvalue weighted by Gasteiger charge is -2.34. The number of nitrogens with zero attached hydrogens (tertiary/aromatic N) is 3. The Bertz CT molecular complexity index is 646. The van der Waals surface area contributed by atoms with Crippen LogP contribution in [0.3, 0.4) is 0 Å². The lowest BCUT2D eigenvalue weighted by Crippen LogP contribution is -2.45. The van der Waals surface area contributed by atoms with Crippen LogP contribution < -0.4 is 0 Å². The summed E-state index contributed by atoms with van der Waals surface area (Å²) in [6, 6.07) is 0.995. The molecule has 0 aromatic heterocycles. The van der Waals surface area contributed by atoms with Crippen LogP contribution in [0.5, 0.6) is 0 Å². The monoisotopic (exact) mass is 381 g/mol. The van der Waals surface area contributed by atoms with Crippen molar-refractivity contribution in [3.05, 3.63) is 22.9 Å². The van der Waals surface area contributed by atoms with E-state index in [1.165, 1.54) is 12.3 Å². The van der Waals surface area contributed by atoms with Crippen molar-refractivity contribution < 1.29 is 14.3 Å². The molecule has 1 heterocycles. The summed E-state index contributed by atoms with van der Waals surface area (Å²) in [6.07, 6.45) is 2.03. The van der Waals surface area contributed by atoms with Crippen LogP contribution >= 0.6 is 11.6 Å². The van der Waals surface area contributed by atoms with Crippen LogP contribution in [-0.4, -0.2) is 46.5 Å². The molecule has 0 N–H and O–H groups in total. The van der Waals surface area contributed by atoms with Gasteiger partial charge in [0, 0.05) is 18.3 Å². The quantitative estimate of drug-likeness (QED) is 0.736. The molecule has 1 aliphatic rings. The van der Waals surface area contributed by atoms with Crippen molar-refractivity contribution in [1.82, 2.24) is 9.80 Å². The second-order valence-corrected chi connectivity index (χ2v) is 8.46. The van der Waals surface area contributed by atoms with E-state index >= 15 is 0 Å². The van der Waals surface area contributed by atoms with Crippen molar-refractivity contribution in [3.63, 3.8) is 0 Å². The van der Waals surface area contributed by atoms with E-state index in [-0.39, 0.29) is 40.6 Å². The standard InChI is InChI=1S/C19H28ClN3O3/c1-12(2)23(13(3)4)17(24)15-10-22(14(9-21)8-16(15)20)18(25)26-11-19(5,6)7/h8,10,12-14H,11H2,1-7H3/t14-/m0/s1. The Balaban J connectivity index is 3.17. The van der Waals surface area contributed by atoms with Crippen LogP contribution in [0, 0.1) is 16.7 Å². The van der Waals surface area contributed by atoms with Crippen molar-refractivity contribution in [2.45, 2.75) is 66.6 Å². The Kier molecular flexibility index (Phi) is 7.28. The molecule has 0 saturated heterocycles. The third kappa shape index (κ3) is 5.50. The average Bonchev–Trinajstić information content (AvgIpc) is 2.50. The zero-order valence-electron chi connectivity index (χ0n) is 16.5. The van der Waals surface area contributed by atoms with Gasteiger partial charge in [-0.05, 0) is 39.2 Å². The number of hydrogen-bond donors (Lipinski definition) is 0. The number of nitriles is 1. The topological polar surface area (TPSA) is 73.6 Å². The normalized spacial score (nSPS) is 17.6. The Hall–Kier alpha value is -2.00. The van der Waals surface area contributed by atoms with Crippen molar-refractivity contribution in [3.8, 4) is 6.07 Å². The van der Waals surface area contributed by atoms with Gasteiger partial charge in [-0.1, -0.05) is 32.4 Å². The number of ether oxygens (including phenoxy) is 1. The lowest BCUT2D eigenvalue weighted by molar-refractivity contribution is -0.130. The molecule has 26 heavy (non-hydrogen) atoms. The summed E-state index contributed by atoms with van der Waals surface area (Å²) in [6.45, 7) is 13.6. The molecule has 0 aliphatic carbocycles. The first kappa shape index (κ1) is 22.0. The summed E-state index contributed by atoms with van der Waals surface area (Å²) in [7, 11) is 0. The highest BCUT2D eigenvalue weighted by molar-refractivity contribution is 6.35. The molecule has 0 radical (unpaired) electrons. The van der Waals surface area contributed by atoms with Gasteiger partial charge in [0.2, 0.25) is 0 Å². The number of amides is 2. The predicted molar refractivity (Wildman–Crippen MR) is 101 cm³/mol. The van der Waals surface area contributed by atoms with Crippen LogP contribution in [0.15, 0.2) is 22.9 Å². The first-order valence-electron chi connectivity index (χ1n) is 8.66. The van der Waals surface area contributed by atoms with Gasteiger partial charge in [-0.25, -0.2) is 4.79 Å². The van der Waals surface area contributed by atoms with E-state index in [9.17, 15) is 14.9 Å². The fourth-order valence-electron chi connectivity index (χ4n) is 2.57. The first-order valence-corrected chi connectivity index (χ1v) is 9.03. The van der Waals surface area contributed by atoms with Gasteiger partial charge in [0.05, 0.1) is 23.3 Å².